The number of hydrogen-bond acceptors (Lipinski definition) is 3. The Morgan fingerprint density at radius 3 is 2.60 bits per heavy atom. The smallest absolute Gasteiger partial charge is 0.219 e. The topological polar surface area (TPSA) is 35.0 Å². The van der Waals surface area contributed by atoms with Crippen LogP contribution in [0.3, 0.4) is 0 Å². The van der Waals surface area contributed by atoms with Crippen LogP contribution in [0.1, 0.15) is 0 Å². The number of fused-ring (bicyclic) bond motifs is 1. The molecular weight excluding hydrogens is 322 g/mol. The molecule has 2 aromatic carbocycles. The van der Waals surface area contributed by atoms with Crippen LogP contribution in [0, 0.1) is 11.6 Å². The van der Waals surface area contributed by atoms with Crippen molar-refractivity contribution in [2.75, 3.05) is 0 Å². The van der Waals surface area contributed by atoms with E-state index in [1.165, 1.54) is 24.3 Å². The van der Waals surface area contributed by atoms with Gasteiger partial charge in [-0.2, -0.15) is 0 Å². The molecule has 0 atom stereocenters. The summed E-state index contributed by atoms with van der Waals surface area (Å²) in [6, 6.07) is 15.5. The number of aromatic nitrogens is 2. The van der Waals surface area contributed by atoms with E-state index in [-0.39, 0.29) is 11.6 Å². The first-order valence-corrected chi connectivity index (χ1v) is 7.63. The molecule has 25 heavy (non-hydrogen) atoms. The summed E-state index contributed by atoms with van der Waals surface area (Å²) in [5, 5.41) is 0.874. The normalized spacial score (nSPS) is 10.8. The lowest BCUT2D eigenvalue weighted by atomic mass is 10.0. The van der Waals surface area contributed by atoms with Gasteiger partial charge in [0.15, 0.2) is 0 Å². The van der Waals surface area contributed by atoms with Crippen molar-refractivity contribution >= 4 is 10.9 Å². The summed E-state index contributed by atoms with van der Waals surface area (Å²) in [7, 11) is 0. The van der Waals surface area contributed by atoms with Gasteiger partial charge in [-0.25, -0.2) is 13.8 Å². The highest BCUT2D eigenvalue weighted by Gasteiger charge is 2.11. The minimum atomic E-state index is -0.444. The zero-order valence-electron chi connectivity index (χ0n) is 13.0. The van der Waals surface area contributed by atoms with E-state index in [0.29, 0.717) is 17.0 Å². The van der Waals surface area contributed by atoms with Crippen molar-refractivity contribution in [3.63, 3.8) is 0 Å². The van der Waals surface area contributed by atoms with Crippen LogP contribution < -0.4 is 4.74 Å². The van der Waals surface area contributed by atoms with Crippen molar-refractivity contribution in [3.8, 4) is 22.8 Å². The number of pyridine rings is 2. The molecule has 0 unspecified atom stereocenters. The second kappa shape index (κ2) is 6.28. The third-order valence-corrected chi connectivity index (χ3v) is 3.76. The molecule has 0 saturated heterocycles. The predicted octanol–water partition coefficient (Wildman–Crippen LogP) is 5.37. The zero-order valence-corrected chi connectivity index (χ0v) is 13.0. The summed E-state index contributed by atoms with van der Waals surface area (Å²) in [5.41, 5.74) is 1.90. The lowest BCUT2D eigenvalue weighted by Crippen LogP contribution is -1.93. The van der Waals surface area contributed by atoms with Gasteiger partial charge < -0.3 is 4.74 Å². The maximum Gasteiger partial charge on any atom is 0.219 e. The summed E-state index contributed by atoms with van der Waals surface area (Å²) in [6.45, 7) is 0. The van der Waals surface area contributed by atoms with Crippen molar-refractivity contribution in [1.82, 2.24) is 9.97 Å². The fourth-order valence-corrected chi connectivity index (χ4v) is 2.59. The molecule has 5 heteroatoms. The second-order valence-electron chi connectivity index (χ2n) is 5.47. The summed E-state index contributed by atoms with van der Waals surface area (Å²) < 4.78 is 33.0. The molecule has 2 heterocycles. The van der Waals surface area contributed by atoms with Crippen molar-refractivity contribution in [1.29, 1.82) is 0 Å². The van der Waals surface area contributed by atoms with E-state index >= 15 is 0 Å². The van der Waals surface area contributed by atoms with E-state index in [1.54, 1.807) is 42.7 Å². The second-order valence-corrected chi connectivity index (χ2v) is 5.47. The lowest BCUT2D eigenvalue weighted by molar-refractivity contribution is 0.462. The van der Waals surface area contributed by atoms with Crippen molar-refractivity contribution in [3.05, 3.63) is 84.7 Å². The fraction of sp³-hybridized carbons (Fsp3) is 0. The zero-order chi connectivity index (χ0) is 17.2. The first kappa shape index (κ1) is 15.2. The Labute approximate surface area is 142 Å². The van der Waals surface area contributed by atoms with Gasteiger partial charge in [-0.3, -0.25) is 4.98 Å². The SMILES string of the molecule is Fc1cccc(-c2ccc(F)cc2Oc2ccc3cnccc3n2)c1. The van der Waals surface area contributed by atoms with Crippen LogP contribution in [0.4, 0.5) is 8.78 Å². The molecule has 0 amide bonds. The molecule has 0 fully saturated rings. The van der Waals surface area contributed by atoms with E-state index < -0.39 is 5.82 Å². The van der Waals surface area contributed by atoms with Gasteiger partial charge in [-0.15, -0.1) is 0 Å². The number of nitrogens with zero attached hydrogens (tertiary/aromatic N) is 2. The van der Waals surface area contributed by atoms with Gasteiger partial charge >= 0.3 is 0 Å². The van der Waals surface area contributed by atoms with Crippen LogP contribution >= 0.6 is 0 Å². The van der Waals surface area contributed by atoms with Crippen LogP contribution in [0.2, 0.25) is 0 Å². The van der Waals surface area contributed by atoms with Gasteiger partial charge in [-0.05, 0) is 42.0 Å². The third-order valence-electron chi connectivity index (χ3n) is 3.76. The van der Waals surface area contributed by atoms with Crippen LogP contribution in [0.5, 0.6) is 11.6 Å². The van der Waals surface area contributed by atoms with E-state index in [1.807, 2.05) is 6.07 Å². The number of ether oxygens (including phenoxy) is 1. The van der Waals surface area contributed by atoms with E-state index in [2.05, 4.69) is 9.97 Å². The minimum Gasteiger partial charge on any atom is -0.438 e. The Kier molecular flexibility index (Phi) is 3.82. The molecule has 0 bridgehead atoms. The third kappa shape index (κ3) is 3.17. The first-order valence-electron chi connectivity index (χ1n) is 7.63. The van der Waals surface area contributed by atoms with E-state index in [0.717, 1.165) is 10.9 Å². The van der Waals surface area contributed by atoms with Crippen molar-refractivity contribution < 1.29 is 13.5 Å². The molecule has 0 N–H and O–H groups in total. The lowest BCUT2D eigenvalue weighted by Gasteiger charge is -2.11. The number of rotatable bonds is 3. The Bertz CT molecular complexity index is 1070. The first-order chi connectivity index (χ1) is 12.2. The maximum atomic E-state index is 13.7. The summed E-state index contributed by atoms with van der Waals surface area (Å²) in [5.74, 6) is -0.224. The molecule has 0 aliphatic rings. The average molecular weight is 334 g/mol. The Hall–Kier alpha value is -3.34. The Morgan fingerprint density at radius 1 is 0.840 bits per heavy atom. The predicted molar refractivity (Wildman–Crippen MR) is 91.4 cm³/mol. The maximum absolute atomic E-state index is 13.7. The molecular formula is C20H12F2N2O. The van der Waals surface area contributed by atoms with Gasteiger partial charge in [0.2, 0.25) is 5.88 Å². The van der Waals surface area contributed by atoms with Crippen molar-refractivity contribution in [2.45, 2.75) is 0 Å². The van der Waals surface area contributed by atoms with Crippen molar-refractivity contribution in [2.24, 2.45) is 0 Å². The molecule has 0 aliphatic heterocycles. The molecule has 4 rings (SSSR count). The van der Waals surface area contributed by atoms with Gasteiger partial charge in [0.05, 0.1) is 5.52 Å². The van der Waals surface area contributed by atoms with Gasteiger partial charge in [-0.1, -0.05) is 12.1 Å². The summed E-state index contributed by atoms with van der Waals surface area (Å²) in [6.07, 6.45) is 3.34. The van der Waals surface area contributed by atoms with Gasteiger partial charge in [0.1, 0.15) is 17.4 Å². The van der Waals surface area contributed by atoms with Gasteiger partial charge in [0, 0.05) is 35.5 Å². The summed E-state index contributed by atoms with van der Waals surface area (Å²) >= 11 is 0. The molecule has 0 saturated carbocycles. The highest BCUT2D eigenvalue weighted by Crippen LogP contribution is 2.34. The summed E-state index contributed by atoms with van der Waals surface area (Å²) in [4.78, 5) is 8.43. The molecule has 122 valence electrons. The number of halogens is 2. The van der Waals surface area contributed by atoms with Crippen LogP contribution in [-0.2, 0) is 0 Å². The van der Waals surface area contributed by atoms with Crippen LogP contribution in [-0.4, -0.2) is 9.97 Å². The fourth-order valence-electron chi connectivity index (χ4n) is 2.59. The molecule has 0 spiro atoms. The van der Waals surface area contributed by atoms with Crippen LogP contribution in [0.25, 0.3) is 22.0 Å². The molecule has 3 nitrogen and oxygen atoms in total. The van der Waals surface area contributed by atoms with Gasteiger partial charge in [0.25, 0.3) is 0 Å². The highest BCUT2D eigenvalue weighted by molar-refractivity contribution is 5.78. The molecule has 0 aliphatic carbocycles. The Morgan fingerprint density at radius 2 is 1.72 bits per heavy atom. The van der Waals surface area contributed by atoms with E-state index in [4.69, 9.17) is 4.74 Å². The molecule has 0 radical (unpaired) electrons. The standard InChI is InChI=1S/C20H12F2N2O/c21-15-3-1-2-13(10-15)17-6-5-16(22)11-19(17)25-20-7-4-14-12-23-9-8-18(14)24-20/h1-12H. The molecule has 4 aromatic rings. The number of hydrogen-bond donors (Lipinski definition) is 0. The van der Waals surface area contributed by atoms with Crippen LogP contribution in [0.15, 0.2) is 73.1 Å². The molecule has 2 aromatic heterocycles. The minimum absolute atomic E-state index is 0.270. The average Bonchev–Trinajstić information content (AvgIpc) is 2.62. The monoisotopic (exact) mass is 334 g/mol. The Balaban J connectivity index is 1.77. The van der Waals surface area contributed by atoms with E-state index in [9.17, 15) is 8.78 Å². The highest BCUT2D eigenvalue weighted by atomic mass is 19.1. The number of benzene rings is 2. The quantitative estimate of drug-likeness (QED) is 0.505. The largest absolute Gasteiger partial charge is 0.438 e.